The van der Waals surface area contributed by atoms with Crippen LogP contribution in [0.1, 0.15) is 61.4 Å². The first-order valence-corrected chi connectivity index (χ1v) is 7.61. The molecular weight excluding hydrogens is 236 g/mol. The monoisotopic (exact) mass is 258 g/mol. The van der Waals surface area contributed by atoms with Crippen molar-refractivity contribution in [3.8, 4) is 5.75 Å². The van der Waals surface area contributed by atoms with E-state index in [0.29, 0.717) is 18.4 Å². The van der Waals surface area contributed by atoms with E-state index in [4.69, 9.17) is 4.74 Å². The third-order valence-electron chi connectivity index (χ3n) is 4.68. The summed E-state index contributed by atoms with van der Waals surface area (Å²) in [4.78, 5) is 11.8. The molecule has 2 nitrogen and oxygen atoms in total. The Bertz CT molecular complexity index is 478. The van der Waals surface area contributed by atoms with Crippen LogP contribution in [-0.2, 0) is 6.42 Å². The van der Waals surface area contributed by atoms with Crippen LogP contribution in [0.15, 0.2) is 18.2 Å². The smallest absolute Gasteiger partial charge is 0.163 e. The van der Waals surface area contributed by atoms with E-state index in [1.807, 2.05) is 18.2 Å². The van der Waals surface area contributed by atoms with Gasteiger partial charge in [-0.2, -0.15) is 0 Å². The van der Waals surface area contributed by atoms with Gasteiger partial charge in [0.05, 0.1) is 0 Å². The van der Waals surface area contributed by atoms with E-state index in [2.05, 4.69) is 6.92 Å². The molecule has 0 N–H and O–H groups in total. The lowest BCUT2D eigenvalue weighted by atomic mass is 9.84. The van der Waals surface area contributed by atoms with E-state index in [1.54, 1.807) is 0 Å². The van der Waals surface area contributed by atoms with E-state index in [1.165, 1.54) is 25.7 Å². The van der Waals surface area contributed by atoms with Gasteiger partial charge in [-0.1, -0.05) is 25.5 Å². The van der Waals surface area contributed by atoms with Gasteiger partial charge in [-0.25, -0.2) is 0 Å². The molecule has 2 aliphatic carbocycles. The molecule has 2 heteroatoms. The number of benzene rings is 1. The maximum absolute atomic E-state index is 11.8. The zero-order valence-corrected chi connectivity index (χ0v) is 11.7. The first-order valence-electron chi connectivity index (χ1n) is 7.61. The molecule has 0 radical (unpaired) electrons. The highest BCUT2D eigenvalue weighted by Crippen LogP contribution is 2.35. The predicted octanol–water partition coefficient (Wildman–Crippen LogP) is 4.16. The number of rotatable bonds is 3. The Morgan fingerprint density at radius 1 is 1.21 bits per heavy atom. The molecule has 19 heavy (non-hydrogen) atoms. The minimum absolute atomic E-state index is 0.274. The molecule has 0 saturated heterocycles. The average molecular weight is 258 g/mol. The molecular formula is C17H22O2. The van der Waals surface area contributed by atoms with Crippen molar-refractivity contribution in [3.63, 3.8) is 0 Å². The van der Waals surface area contributed by atoms with Crippen molar-refractivity contribution in [1.82, 2.24) is 0 Å². The maximum atomic E-state index is 11.8. The van der Waals surface area contributed by atoms with Crippen LogP contribution in [0.2, 0.25) is 0 Å². The van der Waals surface area contributed by atoms with Gasteiger partial charge in [-0.15, -0.1) is 0 Å². The SMILES string of the molecule is CCC1CCCCC1Oc1cccc2c1CCC2=O. The molecule has 1 aromatic carbocycles. The highest BCUT2D eigenvalue weighted by Gasteiger charge is 2.28. The van der Waals surface area contributed by atoms with Crippen molar-refractivity contribution in [1.29, 1.82) is 0 Å². The topological polar surface area (TPSA) is 26.3 Å². The molecule has 0 heterocycles. The van der Waals surface area contributed by atoms with Gasteiger partial charge in [0.25, 0.3) is 0 Å². The summed E-state index contributed by atoms with van der Waals surface area (Å²) in [5.41, 5.74) is 2.04. The number of ketones is 1. The molecule has 2 unspecified atom stereocenters. The number of hydrogen-bond donors (Lipinski definition) is 0. The predicted molar refractivity (Wildman–Crippen MR) is 75.8 cm³/mol. The Morgan fingerprint density at radius 2 is 2.05 bits per heavy atom. The summed E-state index contributed by atoms with van der Waals surface area (Å²) >= 11 is 0. The van der Waals surface area contributed by atoms with Crippen LogP contribution in [-0.4, -0.2) is 11.9 Å². The Labute approximate surface area is 115 Å². The van der Waals surface area contributed by atoms with E-state index in [9.17, 15) is 4.79 Å². The van der Waals surface area contributed by atoms with Gasteiger partial charge in [0.2, 0.25) is 0 Å². The second kappa shape index (κ2) is 5.36. The summed E-state index contributed by atoms with van der Waals surface area (Å²) < 4.78 is 6.30. The maximum Gasteiger partial charge on any atom is 0.163 e. The van der Waals surface area contributed by atoms with E-state index >= 15 is 0 Å². The molecule has 0 aliphatic heterocycles. The summed E-state index contributed by atoms with van der Waals surface area (Å²) in [6.45, 7) is 2.26. The first-order chi connectivity index (χ1) is 9.29. The summed E-state index contributed by atoms with van der Waals surface area (Å²) in [5, 5.41) is 0. The molecule has 0 spiro atoms. The highest BCUT2D eigenvalue weighted by molar-refractivity contribution is 6.01. The lowest BCUT2D eigenvalue weighted by Gasteiger charge is -2.31. The van der Waals surface area contributed by atoms with Gasteiger partial charge < -0.3 is 4.74 Å². The van der Waals surface area contributed by atoms with Crippen LogP contribution in [0, 0.1) is 5.92 Å². The number of hydrogen-bond acceptors (Lipinski definition) is 2. The molecule has 0 aromatic heterocycles. The largest absolute Gasteiger partial charge is 0.490 e. The summed E-state index contributed by atoms with van der Waals surface area (Å²) in [6, 6.07) is 5.94. The van der Waals surface area contributed by atoms with Gasteiger partial charge in [-0.05, 0) is 44.1 Å². The number of Topliss-reactive ketones (excluding diaryl/α,β-unsaturated/α-hetero) is 1. The van der Waals surface area contributed by atoms with Gasteiger partial charge in [-0.3, -0.25) is 4.79 Å². The Balaban J connectivity index is 1.82. The fourth-order valence-corrected chi connectivity index (χ4v) is 3.53. The van der Waals surface area contributed by atoms with Gasteiger partial charge in [0.1, 0.15) is 11.9 Å². The third kappa shape index (κ3) is 2.41. The van der Waals surface area contributed by atoms with Crippen molar-refractivity contribution in [2.24, 2.45) is 5.92 Å². The van der Waals surface area contributed by atoms with Crippen molar-refractivity contribution < 1.29 is 9.53 Å². The summed E-state index contributed by atoms with van der Waals surface area (Å²) in [7, 11) is 0. The highest BCUT2D eigenvalue weighted by atomic mass is 16.5. The van der Waals surface area contributed by atoms with Gasteiger partial charge in [0.15, 0.2) is 5.78 Å². The second-order valence-corrected chi connectivity index (χ2v) is 5.81. The van der Waals surface area contributed by atoms with Crippen LogP contribution in [0.4, 0.5) is 0 Å². The Hall–Kier alpha value is -1.31. The van der Waals surface area contributed by atoms with Crippen molar-refractivity contribution in [2.75, 3.05) is 0 Å². The van der Waals surface area contributed by atoms with Crippen LogP contribution in [0.3, 0.4) is 0 Å². The molecule has 2 atom stereocenters. The first kappa shape index (κ1) is 12.7. The number of fused-ring (bicyclic) bond motifs is 1. The van der Waals surface area contributed by atoms with E-state index in [-0.39, 0.29) is 5.78 Å². The quantitative estimate of drug-likeness (QED) is 0.813. The van der Waals surface area contributed by atoms with E-state index < -0.39 is 0 Å². The molecule has 1 saturated carbocycles. The average Bonchev–Trinajstić information content (AvgIpc) is 2.82. The van der Waals surface area contributed by atoms with Gasteiger partial charge >= 0.3 is 0 Å². The Morgan fingerprint density at radius 3 is 2.89 bits per heavy atom. The molecule has 0 bridgehead atoms. The van der Waals surface area contributed by atoms with Crippen LogP contribution in [0.25, 0.3) is 0 Å². The Kier molecular flexibility index (Phi) is 3.58. The van der Waals surface area contributed by atoms with Crippen molar-refractivity contribution in [3.05, 3.63) is 29.3 Å². The minimum atomic E-state index is 0.274. The molecule has 0 amide bonds. The van der Waals surface area contributed by atoms with E-state index in [0.717, 1.165) is 29.7 Å². The number of carbonyl (C=O) groups is 1. The fraction of sp³-hybridized carbons (Fsp3) is 0.588. The molecule has 1 aromatic rings. The molecule has 1 fully saturated rings. The molecule has 102 valence electrons. The fourth-order valence-electron chi connectivity index (χ4n) is 3.53. The van der Waals surface area contributed by atoms with Crippen molar-refractivity contribution in [2.45, 2.75) is 58.0 Å². The van der Waals surface area contributed by atoms with Crippen LogP contribution >= 0.6 is 0 Å². The van der Waals surface area contributed by atoms with Crippen LogP contribution in [0.5, 0.6) is 5.75 Å². The van der Waals surface area contributed by atoms with Crippen molar-refractivity contribution >= 4 is 5.78 Å². The third-order valence-corrected chi connectivity index (χ3v) is 4.68. The van der Waals surface area contributed by atoms with Crippen LogP contribution < -0.4 is 4.74 Å². The normalized spacial score (nSPS) is 26.3. The van der Waals surface area contributed by atoms with Gasteiger partial charge in [0, 0.05) is 17.5 Å². The molecule has 2 aliphatic rings. The zero-order chi connectivity index (χ0) is 13.2. The number of ether oxygens (including phenoxy) is 1. The number of carbonyl (C=O) groups excluding carboxylic acids is 1. The summed E-state index contributed by atoms with van der Waals surface area (Å²) in [5.74, 6) is 1.92. The minimum Gasteiger partial charge on any atom is -0.490 e. The zero-order valence-electron chi connectivity index (χ0n) is 11.7. The molecule has 3 rings (SSSR count). The standard InChI is InChI=1S/C17H22O2/c1-2-12-6-3-4-8-16(12)19-17-9-5-7-13-14(17)10-11-15(13)18/h5,7,9,12,16H,2-4,6,8,10-11H2,1H3. The lowest BCUT2D eigenvalue weighted by Crippen LogP contribution is -2.30. The summed E-state index contributed by atoms with van der Waals surface area (Å²) in [6.07, 6.45) is 8.11. The second-order valence-electron chi connectivity index (χ2n) is 5.81. The lowest BCUT2D eigenvalue weighted by molar-refractivity contribution is 0.0894.